The summed E-state index contributed by atoms with van der Waals surface area (Å²) in [5.41, 5.74) is 1.23. The lowest BCUT2D eigenvalue weighted by molar-refractivity contribution is 0.683. The first-order valence-corrected chi connectivity index (χ1v) is 9.37. The maximum atomic E-state index is 6.34. The van der Waals surface area contributed by atoms with Crippen LogP contribution in [0.5, 0.6) is 0 Å². The molecule has 2 aromatic carbocycles. The van der Waals surface area contributed by atoms with Crippen LogP contribution in [0, 0.1) is 0 Å². The molecule has 23 heavy (non-hydrogen) atoms. The molecule has 3 rings (SSSR count). The van der Waals surface area contributed by atoms with E-state index in [1.165, 1.54) is 5.56 Å². The molecular formula is C17H13BrCl2N2S. The van der Waals surface area contributed by atoms with Gasteiger partial charge >= 0.3 is 0 Å². The van der Waals surface area contributed by atoms with Crippen molar-refractivity contribution >= 4 is 50.9 Å². The quantitative estimate of drug-likeness (QED) is 0.433. The van der Waals surface area contributed by atoms with Crippen molar-refractivity contribution in [2.75, 3.05) is 0 Å². The molecule has 6 heteroatoms. The third kappa shape index (κ3) is 4.54. The second kappa shape index (κ2) is 7.75. The Morgan fingerprint density at radius 1 is 1.13 bits per heavy atom. The Morgan fingerprint density at radius 2 is 1.91 bits per heavy atom. The Bertz CT molecular complexity index is 776. The van der Waals surface area contributed by atoms with Gasteiger partial charge in [0, 0.05) is 33.3 Å². The van der Waals surface area contributed by atoms with Crippen LogP contribution in [0.15, 0.2) is 70.6 Å². The largest absolute Gasteiger partial charge is 0.336 e. The van der Waals surface area contributed by atoms with Crippen molar-refractivity contribution in [2.24, 2.45) is 0 Å². The minimum atomic E-state index is 0.218. The molecule has 1 atom stereocenters. The van der Waals surface area contributed by atoms with Gasteiger partial charge in [-0.05, 0) is 35.9 Å². The van der Waals surface area contributed by atoms with Gasteiger partial charge in [0.05, 0.1) is 16.6 Å². The van der Waals surface area contributed by atoms with Crippen LogP contribution in [-0.4, -0.2) is 9.55 Å². The highest BCUT2D eigenvalue weighted by atomic mass is 79.9. The topological polar surface area (TPSA) is 17.8 Å². The summed E-state index contributed by atoms with van der Waals surface area (Å²) in [6, 6.07) is 14.0. The van der Waals surface area contributed by atoms with Gasteiger partial charge in [0.1, 0.15) is 0 Å². The maximum absolute atomic E-state index is 6.34. The summed E-state index contributed by atoms with van der Waals surface area (Å²) in [6.45, 7) is 0.811. The van der Waals surface area contributed by atoms with Crippen LogP contribution in [0.4, 0.5) is 0 Å². The molecular weight excluding hydrogens is 415 g/mol. The van der Waals surface area contributed by atoms with Crippen molar-refractivity contribution in [3.05, 3.63) is 81.3 Å². The minimum absolute atomic E-state index is 0.218. The van der Waals surface area contributed by atoms with Gasteiger partial charge in [-0.15, -0.1) is 11.8 Å². The number of rotatable bonds is 5. The van der Waals surface area contributed by atoms with Crippen LogP contribution in [0.1, 0.15) is 10.8 Å². The Kier molecular flexibility index (Phi) is 5.70. The van der Waals surface area contributed by atoms with E-state index in [0.29, 0.717) is 10.0 Å². The van der Waals surface area contributed by atoms with E-state index < -0.39 is 0 Å². The highest BCUT2D eigenvalue weighted by molar-refractivity contribution is 9.10. The molecule has 0 aliphatic carbocycles. The van der Waals surface area contributed by atoms with Gasteiger partial charge in [0.2, 0.25) is 0 Å². The molecule has 0 saturated heterocycles. The smallest absolute Gasteiger partial charge is 0.0946 e. The maximum Gasteiger partial charge on any atom is 0.0946 e. The number of benzene rings is 2. The lowest BCUT2D eigenvalue weighted by atomic mass is 10.1. The number of aromatic nitrogens is 2. The van der Waals surface area contributed by atoms with Crippen molar-refractivity contribution in [1.29, 1.82) is 0 Å². The lowest BCUT2D eigenvalue weighted by Crippen LogP contribution is -2.05. The highest BCUT2D eigenvalue weighted by Gasteiger charge is 2.16. The van der Waals surface area contributed by atoms with Gasteiger partial charge in [-0.2, -0.15) is 0 Å². The van der Waals surface area contributed by atoms with Crippen molar-refractivity contribution in [3.63, 3.8) is 0 Å². The van der Waals surface area contributed by atoms with Gasteiger partial charge in [-0.3, -0.25) is 0 Å². The molecule has 0 aliphatic rings. The molecule has 2 nitrogen and oxygen atoms in total. The van der Waals surface area contributed by atoms with Crippen LogP contribution in [0.2, 0.25) is 10.0 Å². The lowest BCUT2D eigenvalue weighted by Gasteiger charge is -2.18. The summed E-state index contributed by atoms with van der Waals surface area (Å²) in [4.78, 5) is 5.14. The van der Waals surface area contributed by atoms with E-state index in [1.54, 1.807) is 24.0 Å². The number of hydrogen-bond acceptors (Lipinski definition) is 2. The molecule has 0 spiro atoms. The van der Waals surface area contributed by atoms with Gasteiger partial charge in [-0.25, -0.2) is 4.98 Å². The van der Waals surface area contributed by atoms with E-state index in [0.717, 1.165) is 15.9 Å². The zero-order chi connectivity index (χ0) is 16.2. The summed E-state index contributed by atoms with van der Waals surface area (Å²) >= 11 is 17.5. The number of thioether (sulfide) groups is 1. The van der Waals surface area contributed by atoms with Crippen LogP contribution >= 0.6 is 50.9 Å². The summed E-state index contributed by atoms with van der Waals surface area (Å²) in [6.07, 6.45) is 5.59. The van der Waals surface area contributed by atoms with Crippen LogP contribution in [0.3, 0.4) is 0 Å². The zero-order valence-electron chi connectivity index (χ0n) is 12.0. The summed E-state index contributed by atoms with van der Waals surface area (Å²) in [5, 5.41) is 1.54. The van der Waals surface area contributed by atoms with Gasteiger partial charge in [0.15, 0.2) is 0 Å². The standard InChI is InChI=1S/C17H13BrCl2N2S/c18-13-3-1-12(2-4-13)17(10-22-8-7-21-11-22)23-16-6-5-14(19)9-15(16)20/h1-9,11,17H,10H2. The fourth-order valence-corrected chi connectivity index (χ4v) is 4.17. The molecule has 0 radical (unpaired) electrons. The Hall–Kier alpha value is -0.940. The predicted octanol–water partition coefficient (Wildman–Crippen LogP) is 6.49. The van der Waals surface area contributed by atoms with Crippen molar-refractivity contribution in [3.8, 4) is 0 Å². The molecule has 0 N–H and O–H groups in total. The molecule has 0 amide bonds. The molecule has 3 aromatic rings. The van der Waals surface area contributed by atoms with Gasteiger partial charge in [0.25, 0.3) is 0 Å². The highest BCUT2D eigenvalue weighted by Crippen LogP contribution is 2.40. The van der Waals surface area contributed by atoms with Crippen LogP contribution < -0.4 is 0 Å². The molecule has 1 aromatic heterocycles. The van der Waals surface area contributed by atoms with E-state index in [4.69, 9.17) is 23.2 Å². The average Bonchev–Trinajstić information content (AvgIpc) is 3.03. The Balaban J connectivity index is 1.89. The first kappa shape index (κ1) is 16.9. The number of hydrogen-bond donors (Lipinski definition) is 0. The van der Waals surface area contributed by atoms with E-state index in [-0.39, 0.29) is 5.25 Å². The molecule has 0 aliphatic heterocycles. The average molecular weight is 428 g/mol. The van der Waals surface area contributed by atoms with E-state index in [2.05, 4.69) is 49.7 Å². The normalized spacial score (nSPS) is 12.3. The molecule has 0 saturated carbocycles. The van der Waals surface area contributed by atoms with E-state index in [9.17, 15) is 0 Å². The molecule has 1 unspecified atom stereocenters. The van der Waals surface area contributed by atoms with Crippen LogP contribution in [0.25, 0.3) is 0 Å². The Morgan fingerprint density at radius 3 is 2.57 bits per heavy atom. The SMILES string of the molecule is Clc1ccc(SC(Cn2ccnc2)c2ccc(Br)cc2)c(Cl)c1. The minimum Gasteiger partial charge on any atom is -0.336 e. The van der Waals surface area contributed by atoms with E-state index >= 15 is 0 Å². The van der Waals surface area contributed by atoms with Gasteiger partial charge < -0.3 is 4.57 Å². The number of imidazole rings is 1. The van der Waals surface area contributed by atoms with Crippen molar-refractivity contribution < 1.29 is 0 Å². The first-order chi connectivity index (χ1) is 11.1. The predicted molar refractivity (Wildman–Crippen MR) is 101 cm³/mol. The monoisotopic (exact) mass is 426 g/mol. The summed E-state index contributed by atoms with van der Waals surface area (Å²) < 4.78 is 3.14. The second-order valence-electron chi connectivity index (χ2n) is 4.99. The number of nitrogens with zero attached hydrogens (tertiary/aromatic N) is 2. The Labute approximate surface area is 158 Å². The summed E-state index contributed by atoms with van der Waals surface area (Å²) in [7, 11) is 0. The fourth-order valence-electron chi connectivity index (χ4n) is 2.20. The van der Waals surface area contributed by atoms with Gasteiger partial charge in [-0.1, -0.05) is 51.3 Å². The van der Waals surface area contributed by atoms with Crippen molar-refractivity contribution in [2.45, 2.75) is 16.7 Å². The molecule has 0 bridgehead atoms. The zero-order valence-corrected chi connectivity index (χ0v) is 15.9. The van der Waals surface area contributed by atoms with Crippen molar-refractivity contribution in [1.82, 2.24) is 9.55 Å². The second-order valence-corrected chi connectivity index (χ2v) is 8.00. The van der Waals surface area contributed by atoms with Crippen LogP contribution in [-0.2, 0) is 6.54 Å². The summed E-state index contributed by atoms with van der Waals surface area (Å²) in [5.74, 6) is 0. The number of halogens is 3. The molecule has 0 fully saturated rings. The third-order valence-electron chi connectivity index (χ3n) is 3.34. The molecule has 1 heterocycles. The van der Waals surface area contributed by atoms with E-state index in [1.807, 2.05) is 24.7 Å². The fraction of sp³-hybridized carbons (Fsp3) is 0.118. The molecule has 118 valence electrons. The first-order valence-electron chi connectivity index (χ1n) is 6.95. The third-order valence-corrected chi connectivity index (χ3v) is 5.84.